The summed E-state index contributed by atoms with van der Waals surface area (Å²) in [6, 6.07) is 0. The minimum absolute atomic E-state index is 0.141. The van der Waals surface area contributed by atoms with Crippen LogP contribution in [0.1, 0.15) is 45.4 Å². The molecule has 0 rings (SSSR count). The molecule has 0 aromatic heterocycles. The van der Waals surface area contributed by atoms with Crippen molar-refractivity contribution in [3.05, 3.63) is 0 Å². The first-order valence-corrected chi connectivity index (χ1v) is 5.17. The number of aliphatic hydroxyl groups is 3. The Kier molecular flexibility index (Phi) is 8.40. The standard InChI is InChI=1S/C10H22O3/c1-2-9(12)6-4-3-5-7-10(13)8-11/h9-13H,2-8H2,1H3. The van der Waals surface area contributed by atoms with Crippen LogP contribution in [0.3, 0.4) is 0 Å². The summed E-state index contributed by atoms with van der Waals surface area (Å²) in [6.07, 6.45) is 4.57. The summed E-state index contributed by atoms with van der Waals surface area (Å²) in [4.78, 5) is 0. The van der Waals surface area contributed by atoms with Crippen molar-refractivity contribution in [3.8, 4) is 0 Å². The summed E-state index contributed by atoms with van der Waals surface area (Å²) in [5.74, 6) is 0. The molecule has 0 saturated heterocycles. The molecular weight excluding hydrogens is 168 g/mol. The SMILES string of the molecule is CCC(O)CCCCCC(O)CO. The molecule has 0 aromatic carbocycles. The van der Waals surface area contributed by atoms with Crippen LogP contribution >= 0.6 is 0 Å². The van der Waals surface area contributed by atoms with E-state index in [0.29, 0.717) is 6.42 Å². The Morgan fingerprint density at radius 2 is 1.46 bits per heavy atom. The molecular formula is C10H22O3. The predicted octanol–water partition coefficient (Wildman–Crippen LogP) is 1.06. The van der Waals surface area contributed by atoms with Crippen molar-refractivity contribution in [2.75, 3.05) is 6.61 Å². The maximum absolute atomic E-state index is 9.22. The minimum Gasteiger partial charge on any atom is -0.394 e. The molecule has 3 heteroatoms. The summed E-state index contributed by atoms with van der Waals surface area (Å²) in [5.41, 5.74) is 0. The van der Waals surface area contributed by atoms with E-state index >= 15 is 0 Å². The molecule has 13 heavy (non-hydrogen) atoms. The van der Waals surface area contributed by atoms with Crippen molar-refractivity contribution in [1.82, 2.24) is 0 Å². The maximum atomic E-state index is 9.22. The molecule has 0 aliphatic rings. The first-order valence-electron chi connectivity index (χ1n) is 5.17. The Labute approximate surface area is 80.4 Å². The maximum Gasteiger partial charge on any atom is 0.0770 e. The minimum atomic E-state index is -0.559. The van der Waals surface area contributed by atoms with Gasteiger partial charge in [0.15, 0.2) is 0 Å². The van der Waals surface area contributed by atoms with E-state index in [2.05, 4.69) is 0 Å². The van der Waals surface area contributed by atoms with E-state index in [4.69, 9.17) is 10.2 Å². The molecule has 2 unspecified atom stereocenters. The molecule has 3 N–H and O–H groups in total. The Hall–Kier alpha value is -0.120. The van der Waals surface area contributed by atoms with Gasteiger partial charge in [-0.25, -0.2) is 0 Å². The van der Waals surface area contributed by atoms with E-state index in [1.165, 1.54) is 0 Å². The molecule has 0 heterocycles. The van der Waals surface area contributed by atoms with Crippen LogP contribution in [0.25, 0.3) is 0 Å². The number of aliphatic hydroxyl groups excluding tert-OH is 3. The van der Waals surface area contributed by atoms with E-state index in [1.54, 1.807) is 0 Å². The van der Waals surface area contributed by atoms with E-state index in [9.17, 15) is 5.11 Å². The van der Waals surface area contributed by atoms with Gasteiger partial charge in [0.25, 0.3) is 0 Å². The molecule has 3 nitrogen and oxygen atoms in total. The lowest BCUT2D eigenvalue weighted by atomic mass is 10.1. The van der Waals surface area contributed by atoms with E-state index < -0.39 is 6.10 Å². The molecule has 0 saturated carbocycles. The first kappa shape index (κ1) is 12.9. The normalized spacial score (nSPS) is 15.7. The second-order valence-corrected chi connectivity index (χ2v) is 3.54. The summed E-state index contributed by atoms with van der Waals surface area (Å²) >= 11 is 0. The van der Waals surface area contributed by atoms with Gasteiger partial charge in [0.2, 0.25) is 0 Å². The zero-order chi connectivity index (χ0) is 10.1. The summed E-state index contributed by atoms with van der Waals surface area (Å²) in [6.45, 7) is 1.83. The zero-order valence-corrected chi connectivity index (χ0v) is 8.45. The smallest absolute Gasteiger partial charge is 0.0770 e. The summed E-state index contributed by atoms with van der Waals surface area (Å²) in [5, 5.41) is 26.8. The van der Waals surface area contributed by atoms with Crippen LogP contribution < -0.4 is 0 Å². The van der Waals surface area contributed by atoms with Gasteiger partial charge >= 0.3 is 0 Å². The van der Waals surface area contributed by atoms with Crippen LogP contribution in [0.2, 0.25) is 0 Å². The Balaban J connectivity index is 3.08. The van der Waals surface area contributed by atoms with Crippen LogP contribution in [-0.4, -0.2) is 34.1 Å². The fraction of sp³-hybridized carbons (Fsp3) is 1.00. The number of unbranched alkanes of at least 4 members (excludes halogenated alkanes) is 2. The van der Waals surface area contributed by atoms with Gasteiger partial charge in [0.05, 0.1) is 18.8 Å². The molecule has 0 bridgehead atoms. The number of rotatable bonds is 8. The largest absolute Gasteiger partial charge is 0.394 e. The molecule has 0 aliphatic heterocycles. The summed E-state index contributed by atoms with van der Waals surface area (Å²) in [7, 11) is 0. The highest BCUT2D eigenvalue weighted by atomic mass is 16.3. The average molecular weight is 190 g/mol. The van der Waals surface area contributed by atoms with Gasteiger partial charge in [0.1, 0.15) is 0 Å². The highest BCUT2D eigenvalue weighted by Gasteiger charge is 2.02. The molecule has 80 valence electrons. The third kappa shape index (κ3) is 8.22. The molecule has 0 amide bonds. The monoisotopic (exact) mass is 190 g/mol. The van der Waals surface area contributed by atoms with Crippen LogP contribution in [0.4, 0.5) is 0 Å². The third-order valence-corrected chi connectivity index (χ3v) is 2.26. The van der Waals surface area contributed by atoms with Crippen molar-refractivity contribution in [1.29, 1.82) is 0 Å². The molecule has 2 atom stereocenters. The van der Waals surface area contributed by atoms with E-state index in [1.807, 2.05) is 6.92 Å². The van der Waals surface area contributed by atoms with Crippen LogP contribution in [0, 0.1) is 0 Å². The molecule has 0 aromatic rings. The quantitative estimate of drug-likeness (QED) is 0.502. The lowest BCUT2D eigenvalue weighted by Gasteiger charge is -2.08. The van der Waals surface area contributed by atoms with E-state index in [0.717, 1.165) is 32.1 Å². The lowest BCUT2D eigenvalue weighted by molar-refractivity contribution is 0.0854. The lowest BCUT2D eigenvalue weighted by Crippen LogP contribution is -2.11. The van der Waals surface area contributed by atoms with Crippen molar-refractivity contribution in [2.45, 2.75) is 57.7 Å². The fourth-order valence-corrected chi connectivity index (χ4v) is 1.23. The van der Waals surface area contributed by atoms with Crippen LogP contribution in [-0.2, 0) is 0 Å². The molecule has 0 aliphatic carbocycles. The van der Waals surface area contributed by atoms with Crippen molar-refractivity contribution < 1.29 is 15.3 Å². The van der Waals surface area contributed by atoms with Gasteiger partial charge in [-0.05, 0) is 19.3 Å². The molecule has 0 spiro atoms. The Morgan fingerprint density at radius 1 is 0.923 bits per heavy atom. The van der Waals surface area contributed by atoms with Crippen molar-refractivity contribution in [2.24, 2.45) is 0 Å². The second kappa shape index (κ2) is 8.48. The van der Waals surface area contributed by atoms with E-state index in [-0.39, 0.29) is 12.7 Å². The Bertz CT molecular complexity index is 94.3. The Morgan fingerprint density at radius 3 is 1.92 bits per heavy atom. The second-order valence-electron chi connectivity index (χ2n) is 3.54. The fourth-order valence-electron chi connectivity index (χ4n) is 1.23. The third-order valence-electron chi connectivity index (χ3n) is 2.26. The topological polar surface area (TPSA) is 60.7 Å². The average Bonchev–Trinajstić information content (AvgIpc) is 2.16. The van der Waals surface area contributed by atoms with Gasteiger partial charge in [-0.15, -0.1) is 0 Å². The summed E-state index contributed by atoms with van der Waals surface area (Å²) < 4.78 is 0. The zero-order valence-electron chi connectivity index (χ0n) is 8.45. The highest BCUT2D eigenvalue weighted by Crippen LogP contribution is 2.08. The number of hydrogen-bond acceptors (Lipinski definition) is 3. The van der Waals surface area contributed by atoms with Gasteiger partial charge in [0, 0.05) is 0 Å². The van der Waals surface area contributed by atoms with Gasteiger partial charge < -0.3 is 15.3 Å². The first-order chi connectivity index (χ1) is 6.20. The van der Waals surface area contributed by atoms with Gasteiger partial charge in [-0.1, -0.05) is 26.2 Å². The van der Waals surface area contributed by atoms with Gasteiger partial charge in [-0.2, -0.15) is 0 Å². The highest BCUT2D eigenvalue weighted by molar-refractivity contribution is 4.56. The van der Waals surface area contributed by atoms with Crippen LogP contribution in [0.15, 0.2) is 0 Å². The van der Waals surface area contributed by atoms with Crippen molar-refractivity contribution in [3.63, 3.8) is 0 Å². The van der Waals surface area contributed by atoms with Crippen LogP contribution in [0.5, 0.6) is 0 Å². The van der Waals surface area contributed by atoms with Crippen molar-refractivity contribution >= 4 is 0 Å². The molecule has 0 radical (unpaired) electrons. The predicted molar refractivity (Wildman–Crippen MR) is 52.5 cm³/mol. The molecule has 0 fully saturated rings. The van der Waals surface area contributed by atoms with Gasteiger partial charge in [-0.3, -0.25) is 0 Å². The number of hydrogen-bond donors (Lipinski definition) is 3.